The third-order valence-corrected chi connectivity index (χ3v) is 7.44. The summed E-state index contributed by atoms with van der Waals surface area (Å²) in [5, 5.41) is 3.93. The molecule has 0 bridgehead atoms. The second-order valence-corrected chi connectivity index (χ2v) is 9.92. The van der Waals surface area contributed by atoms with Crippen LogP contribution in [0.15, 0.2) is 35.2 Å². The summed E-state index contributed by atoms with van der Waals surface area (Å²) in [4.78, 5) is 15.8. The first-order chi connectivity index (χ1) is 13.5. The second kappa shape index (κ2) is 7.99. The lowest BCUT2D eigenvalue weighted by atomic mass is 10.1. The Balaban J connectivity index is 1.87. The van der Waals surface area contributed by atoms with Crippen LogP contribution in [0.4, 0.5) is 0 Å². The summed E-state index contributed by atoms with van der Waals surface area (Å²) in [5.41, 5.74) is 4.26. The van der Waals surface area contributed by atoms with Crippen molar-refractivity contribution in [3.63, 3.8) is 0 Å². The Hall–Kier alpha value is -2.06. The summed E-state index contributed by atoms with van der Waals surface area (Å²) in [6.07, 6.45) is 0. The van der Waals surface area contributed by atoms with Gasteiger partial charge in [0.15, 0.2) is 0 Å². The molecule has 29 heavy (non-hydrogen) atoms. The smallest absolute Gasteiger partial charge is 0.253 e. The minimum Gasteiger partial charge on any atom is -0.358 e. The van der Waals surface area contributed by atoms with Gasteiger partial charge in [0.1, 0.15) is 4.90 Å². The van der Waals surface area contributed by atoms with E-state index in [1.807, 2.05) is 32.0 Å². The van der Waals surface area contributed by atoms with Crippen LogP contribution in [0, 0.1) is 13.8 Å². The Labute approximate surface area is 179 Å². The zero-order valence-corrected chi connectivity index (χ0v) is 18.8. The number of carbonyl (C=O) groups excluding carboxylic acids is 1. The van der Waals surface area contributed by atoms with Crippen molar-refractivity contribution in [1.82, 2.24) is 14.6 Å². The van der Waals surface area contributed by atoms with Crippen LogP contribution in [0.3, 0.4) is 0 Å². The normalized spacial score (nSPS) is 12.0. The summed E-state index contributed by atoms with van der Waals surface area (Å²) in [7, 11) is -1.04. The number of hydrogen-bond donors (Lipinski definition) is 2. The molecule has 0 saturated carbocycles. The number of amides is 1. The highest BCUT2D eigenvalue weighted by Gasteiger charge is 2.24. The standard InChI is InChI=1S/C20H21Cl2N3O3S/c1-11-12(2)24-18-6-5-13(7-14(11)18)10-23-20(26)15-8-19(17(22)9-16(15)21)29(27,28)25(3)4/h5-9,24H,10H2,1-4H3,(H,23,26). The van der Waals surface area contributed by atoms with Crippen molar-refractivity contribution >= 4 is 50.0 Å². The minimum absolute atomic E-state index is 0.0380. The number of nitrogens with zero attached hydrogens (tertiary/aromatic N) is 1. The van der Waals surface area contributed by atoms with E-state index in [4.69, 9.17) is 23.2 Å². The predicted octanol–water partition coefficient (Wildman–Crippen LogP) is 4.27. The summed E-state index contributed by atoms with van der Waals surface area (Å²) in [5.74, 6) is -0.482. The molecule has 3 rings (SSSR count). The molecule has 0 radical (unpaired) electrons. The summed E-state index contributed by atoms with van der Waals surface area (Å²) in [6, 6.07) is 8.38. The van der Waals surface area contributed by atoms with Gasteiger partial charge in [-0.15, -0.1) is 0 Å². The molecular formula is C20H21Cl2N3O3S. The number of hydrogen-bond acceptors (Lipinski definition) is 3. The third-order valence-electron chi connectivity index (χ3n) is 4.85. The lowest BCUT2D eigenvalue weighted by molar-refractivity contribution is 0.0951. The van der Waals surface area contributed by atoms with Gasteiger partial charge < -0.3 is 10.3 Å². The number of H-pyrrole nitrogens is 1. The highest BCUT2D eigenvalue weighted by Crippen LogP contribution is 2.30. The number of carbonyl (C=O) groups is 1. The Morgan fingerprint density at radius 1 is 1.10 bits per heavy atom. The van der Waals surface area contributed by atoms with Crippen LogP contribution in [0.1, 0.15) is 27.2 Å². The second-order valence-electron chi connectivity index (χ2n) is 6.99. The van der Waals surface area contributed by atoms with E-state index in [1.54, 1.807) is 0 Å². The van der Waals surface area contributed by atoms with Gasteiger partial charge >= 0.3 is 0 Å². The van der Waals surface area contributed by atoms with Crippen molar-refractivity contribution in [2.45, 2.75) is 25.3 Å². The van der Waals surface area contributed by atoms with Crippen molar-refractivity contribution in [3.8, 4) is 0 Å². The number of benzene rings is 2. The maximum atomic E-state index is 12.7. The molecule has 2 aromatic carbocycles. The molecule has 1 aromatic heterocycles. The number of sulfonamides is 1. The maximum Gasteiger partial charge on any atom is 0.253 e. The van der Waals surface area contributed by atoms with Gasteiger partial charge in [-0.05, 0) is 49.2 Å². The van der Waals surface area contributed by atoms with Crippen molar-refractivity contribution in [2.75, 3.05) is 14.1 Å². The molecule has 9 heteroatoms. The quantitative estimate of drug-likeness (QED) is 0.604. The molecule has 0 fully saturated rings. The van der Waals surface area contributed by atoms with E-state index < -0.39 is 15.9 Å². The number of fused-ring (bicyclic) bond motifs is 1. The highest BCUT2D eigenvalue weighted by atomic mass is 35.5. The molecule has 0 atom stereocenters. The van der Waals surface area contributed by atoms with Crippen molar-refractivity contribution in [1.29, 1.82) is 0 Å². The Morgan fingerprint density at radius 3 is 2.45 bits per heavy atom. The fourth-order valence-corrected chi connectivity index (χ4v) is 4.72. The molecule has 0 unspecified atom stereocenters. The topological polar surface area (TPSA) is 82.3 Å². The average Bonchev–Trinajstić information content (AvgIpc) is 2.93. The molecule has 0 spiro atoms. The van der Waals surface area contributed by atoms with Gasteiger partial charge in [0.2, 0.25) is 10.0 Å². The van der Waals surface area contributed by atoms with Crippen LogP contribution in [0.5, 0.6) is 0 Å². The van der Waals surface area contributed by atoms with Crippen LogP contribution in [0.25, 0.3) is 10.9 Å². The molecule has 1 heterocycles. The minimum atomic E-state index is -3.81. The summed E-state index contributed by atoms with van der Waals surface area (Å²) < 4.78 is 25.9. The molecule has 6 nitrogen and oxygen atoms in total. The van der Waals surface area contributed by atoms with E-state index in [0.717, 1.165) is 32.0 Å². The van der Waals surface area contributed by atoms with E-state index in [9.17, 15) is 13.2 Å². The first-order valence-electron chi connectivity index (χ1n) is 8.80. The van der Waals surface area contributed by atoms with Crippen LogP contribution in [0.2, 0.25) is 10.0 Å². The van der Waals surface area contributed by atoms with E-state index >= 15 is 0 Å². The first kappa shape index (κ1) is 21.6. The van der Waals surface area contributed by atoms with Gasteiger partial charge in [-0.2, -0.15) is 0 Å². The number of aromatic nitrogens is 1. The van der Waals surface area contributed by atoms with Gasteiger partial charge in [0, 0.05) is 37.2 Å². The Morgan fingerprint density at radius 2 is 1.79 bits per heavy atom. The van der Waals surface area contributed by atoms with E-state index in [2.05, 4.69) is 10.3 Å². The van der Waals surface area contributed by atoms with Crippen LogP contribution in [-0.4, -0.2) is 37.7 Å². The molecule has 2 N–H and O–H groups in total. The van der Waals surface area contributed by atoms with E-state index in [-0.39, 0.29) is 27.0 Å². The number of nitrogens with one attached hydrogen (secondary N) is 2. The van der Waals surface area contributed by atoms with Gasteiger partial charge in [-0.3, -0.25) is 4.79 Å². The Bertz CT molecular complexity index is 1220. The first-order valence-corrected chi connectivity index (χ1v) is 11.0. The molecule has 0 aliphatic rings. The fourth-order valence-electron chi connectivity index (χ4n) is 2.99. The van der Waals surface area contributed by atoms with Gasteiger partial charge in [0.05, 0.1) is 15.6 Å². The van der Waals surface area contributed by atoms with Crippen LogP contribution in [-0.2, 0) is 16.6 Å². The Kier molecular flexibility index (Phi) is 5.96. The number of aromatic amines is 1. The number of aryl methyl sites for hydroxylation is 2. The summed E-state index contributed by atoms with van der Waals surface area (Å²) in [6.45, 7) is 4.32. The SMILES string of the molecule is Cc1[nH]c2ccc(CNC(=O)c3cc(S(=O)(=O)N(C)C)c(Cl)cc3Cl)cc2c1C. The largest absolute Gasteiger partial charge is 0.358 e. The number of halogens is 2. The maximum absolute atomic E-state index is 12.7. The van der Waals surface area contributed by atoms with Crippen molar-refractivity contribution in [2.24, 2.45) is 0 Å². The van der Waals surface area contributed by atoms with Crippen LogP contribution >= 0.6 is 23.2 Å². The molecule has 1 amide bonds. The van der Waals surface area contributed by atoms with Crippen molar-refractivity contribution in [3.05, 3.63) is 62.8 Å². The van der Waals surface area contributed by atoms with Gasteiger partial charge in [0.25, 0.3) is 5.91 Å². The third kappa shape index (κ3) is 4.14. The predicted molar refractivity (Wildman–Crippen MR) is 116 cm³/mol. The lowest BCUT2D eigenvalue weighted by Crippen LogP contribution is -2.25. The van der Waals surface area contributed by atoms with Crippen LogP contribution < -0.4 is 5.32 Å². The molecule has 0 saturated heterocycles. The van der Waals surface area contributed by atoms with Gasteiger partial charge in [-0.25, -0.2) is 12.7 Å². The monoisotopic (exact) mass is 453 g/mol. The van der Waals surface area contributed by atoms with Gasteiger partial charge in [-0.1, -0.05) is 29.3 Å². The molecular weight excluding hydrogens is 433 g/mol. The molecule has 0 aliphatic carbocycles. The molecule has 3 aromatic rings. The molecule has 0 aliphatic heterocycles. The summed E-state index contributed by atoms with van der Waals surface area (Å²) >= 11 is 12.2. The van der Waals surface area contributed by atoms with Crippen molar-refractivity contribution < 1.29 is 13.2 Å². The zero-order valence-electron chi connectivity index (χ0n) is 16.4. The van der Waals surface area contributed by atoms with E-state index in [0.29, 0.717) is 0 Å². The lowest BCUT2D eigenvalue weighted by Gasteiger charge is -2.15. The molecule has 154 valence electrons. The average molecular weight is 454 g/mol. The highest BCUT2D eigenvalue weighted by molar-refractivity contribution is 7.89. The van der Waals surface area contributed by atoms with E-state index in [1.165, 1.54) is 26.2 Å². The fraction of sp³-hybridized carbons (Fsp3) is 0.250. The zero-order chi connectivity index (χ0) is 21.5. The number of rotatable bonds is 5.